The predicted octanol–water partition coefficient (Wildman–Crippen LogP) is 8.74. The highest BCUT2D eigenvalue weighted by atomic mass is 16.6. The Balaban J connectivity index is 1.50. The van der Waals surface area contributed by atoms with E-state index in [2.05, 4.69) is 108 Å². The highest BCUT2D eigenvalue weighted by Crippen LogP contribution is 2.37. The van der Waals surface area contributed by atoms with E-state index in [-0.39, 0.29) is 5.70 Å². The molecule has 1 aliphatic carbocycles. The molecule has 4 aromatic carbocycles. The molecule has 0 amide bonds. The molecule has 0 saturated carbocycles. The average molecular weight is 538 g/mol. The van der Waals surface area contributed by atoms with Gasteiger partial charge in [-0.05, 0) is 78.2 Å². The summed E-state index contributed by atoms with van der Waals surface area (Å²) in [6, 6.07) is 33.5. The van der Waals surface area contributed by atoms with Crippen molar-refractivity contribution >= 4 is 27.8 Å². The molecule has 41 heavy (non-hydrogen) atoms. The third kappa shape index (κ3) is 5.98. The number of allylic oxidation sites excluding steroid dienone is 6. The first-order valence-corrected chi connectivity index (χ1v) is 13.5. The van der Waals surface area contributed by atoms with Crippen LogP contribution in [-0.2, 0) is 0 Å². The lowest BCUT2D eigenvalue weighted by molar-refractivity contribution is -0.419. The molecular formula is C36H31N3O2. The second-order valence-electron chi connectivity index (χ2n) is 9.83. The number of nitrogens with zero attached hydrogens (tertiary/aromatic N) is 3. The molecule has 0 radical (unpaired) electrons. The first-order chi connectivity index (χ1) is 20.0. The van der Waals surface area contributed by atoms with Gasteiger partial charge in [-0.25, -0.2) is 0 Å². The third-order valence-electron chi connectivity index (χ3n) is 7.35. The molecule has 0 bridgehead atoms. The number of hydrogen-bond acceptors (Lipinski definition) is 4. The minimum atomic E-state index is -0.441. The van der Waals surface area contributed by atoms with Crippen molar-refractivity contribution < 1.29 is 4.92 Å². The monoisotopic (exact) mass is 537 g/mol. The van der Waals surface area contributed by atoms with E-state index in [1.165, 1.54) is 28.5 Å². The topological polar surface area (TPSA) is 49.6 Å². The van der Waals surface area contributed by atoms with Crippen LogP contribution in [0.2, 0.25) is 0 Å². The van der Waals surface area contributed by atoms with Crippen LogP contribution < -0.4 is 9.80 Å². The van der Waals surface area contributed by atoms with Gasteiger partial charge in [0, 0.05) is 41.8 Å². The van der Waals surface area contributed by atoms with Gasteiger partial charge in [0.05, 0.1) is 10.6 Å². The Morgan fingerprint density at radius 2 is 1.59 bits per heavy atom. The fraction of sp³-hybridized carbons (Fsp3) is 0.111. The zero-order valence-electron chi connectivity index (χ0n) is 23.1. The molecule has 0 aliphatic heterocycles. The molecule has 0 N–H and O–H groups in total. The molecule has 1 unspecified atom stereocenters. The molecule has 1 atom stereocenters. The van der Waals surface area contributed by atoms with E-state index in [4.69, 9.17) is 6.42 Å². The molecule has 5 heteroatoms. The van der Waals surface area contributed by atoms with E-state index in [1.807, 2.05) is 25.2 Å². The van der Waals surface area contributed by atoms with Gasteiger partial charge >= 0.3 is 0 Å². The van der Waals surface area contributed by atoms with E-state index in [9.17, 15) is 10.1 Å². The lowest BCUT2D eigenvalue weighted by atomic mass is 9.91. The van der Waals surface area contributed by atoms with Gasteiger partial charge in [0.25, 0.3) is 5.70 Å². The fourth-order valence-corrected chi connectivity index (χ4v) is 5.07. The van der Waals surface area contributed by atoms with E-state index < -0.39 is 4.92 Å². The zero-order valence-corrected chi connectivity index (χ0v) is 23.1. The van der Waals surface area contributed by atoms with Gasteiger partial charge in [-0.1, -0.05) is 78.7 Å². The van der Waals surface area contributed by atoms with Crippen LogP contribution in [-0.4, -0.2) is 12.0 Å². The van der Waals surface area contributed by atoms with E-state index in [0.717, 1.165) is 29.2 Å². The van der Waals surface area contributed by atoms with Crippen LogP contribution in [0.5, 0.6) is 0 Å². The van der Waals surface area contributed by atoms with Crippen LogP contribution >= 0.6 is 0 Å². The zero-order chi connectivity index (χ0) is 28.8. The summed E-state index contributed by atoms with van der Waals surface area (Å²) < 4.78 is 0. The molecular weight excluding hydrogens is 506 g/mol. The first-order valence-electron chi connectivity index (χ1n) is 13.5. The summed E-state index contributed by atoms with van der Waals surface area (Å²) in [5.74, 6) is 2.92. The van der Waals surface area contributed by atoms with E-state index >= 15 is 0 Å². The maximum Gasteiger partial charge on any atom is 0.267 e. The summed E-state index contributed by atoms with van der Waals surface area (Å²) in [6.07, 6.45) is 16.3. The van der Waals surface area contributed by atoms with Crippen molar-refractivity contribution in [1.82, 2.24) is 0 Å². The van der Waals surface area contributed by atoms with Gasteiger partial charge in [0.2, 0.25) is 0 Å². The predicted molar refractivity (Wildman–Crippen MR) is 170 cm³/mol. The molecule has 0 saturated heterocycles. The number of terminal acetylenes is 1. The van der Waals surface area contributed by atoms with Gasteiger partial charge < -0.3 is 9.80 Å². The second-order valence-corrected chi connectivity index (χ2v) is 9.83. The maximum atomic E-state index is 11.3. The van der Waals surface area contributed by atoms with Crippen molar-refractivity contribution in [3.63, 3.8) is 0 Å². The SMILES string of the molecule is C#C/C(=C\C(=C/C)[N+](=O)[O-])N(C)c1ccc(N(C2=CCC(c3ccccc3)C=C2)c2ccc3ccccc3c2)cc1. The van der Waals surface area contributed by atoms with Crippen molar-refractivity contribution in [3.8, 4) is 12.3 Å². The molecule has 202 valence electrons. The Morgan fingerprint density at radius 1 is 0.927 bits per heavy atom. The number of hydrogen-bond donors (Lipinski definition) is 0. The van der Waals surface area contributed by atoms with Crippen LogP contribution in [0.3, 0.4) is 0 Å². The van der Waals surface area contributed by atoms with Gasteiger partial charge in [-0.15, -0.1) is 6.42 Å². The quantitative estimate of drug-likeness (QED) is 0.0976. The van der Waals surface area contributed by atoms with Gasteiger partial charge in [-0.3, -0.25) is 10.1 Å². The number of benzene rings is 4. The third-order valence-corrected chi connectivity index (χ3v) is 7.35. The summed E-state index contributed by atoms with van der Waals surface area (Å²) in [5.41, 5.74) is 5.64. The summed E-state index contributed by atoms with van der Waals surface area (Å²) in [7, 11) is 1.81. The Kier molecular flexibility index (Phi) is 8.13. The largest absolute Gasteiger partial charge is 0.338 e. The van der Waals surface area contributed by atoms with E-state index in [1.54, 1.807) is 11.8 Å². The number of nitro groups is 1. The molecule has 4 aromatic rings. The molecule has 0 aromatic heterocycles. The van der Waals surface area contributed by atoms with E-state index in [0.29, 0.717) is 11.6 Å². The lowest BCUT2D eigenvalue weighted by Crippen LogP contribution is -2.18. The average Bonchev–Trinajstić information content (AvgIpc) is 3.02. The van der Waals surface area contributed by atoms with Crippen LogP contribution in [0.1, 0.15) is 24.8 Å². The van der Waals surface area contributed by atoms with Crippen molar-refractivity contribution in [3.05, 3.63) is 160 Å². The number of anilines is 3. The maximum absolute atomic E-state index is 11.3. The summed E-state index contributed by atoms with van der Waals surface area (Å²) in [4.78, 5) is 14.9. The highest BCUT2D eigenvalue weighted by Gasteiger charge is 2.19. The normalized spacial score (nSPS) is 15.2. The van der Waals surface area contributed by atoms with Crippen LogP contribution in [0.25, 0.3) is 10.8 Å². The van der Waals surface area contributed by atoms with Crippen LogP contribution in [0.4, 0.5) is 17.1 Å². The van der Waals surface area contributed by atoms with Gasteiger partial charge in [0.1, 0.15) is 0 Å². The Hall–Kier alpha value is -5.34. The molecule has 1 aliphatic rings. The molecule has 0 spiro atoms. The van der Waals surface area contributed by atoms with Gasteiger partial charge in [-0.2, -0.15) is 0 Å². The Morgan fingerprint density at radius 3 is 2.22 bits per heavy atom. The molecule has 0 heterocycles. The minimum Gasteiger partial charge on any atom is -0.338 e. The number of rotatable bonds is 8. The van der Waals surface area contributed by atoms with Crippen molar-refractivity contribution in [2.75, 3.05) is 16.8 Å². The standard InChI is InChI=1S/C36H31N3O2/c1-4-31(26-32(5-2)39(40)41)37(3)33-21-23-35(24-22-33)38(36-20-17-28-13-9-10-14-30(28)25-36)34-18-15-29(16-19-34)27-11-7-6-8-12-27/h1,5-15,17-26,29H,16H2,2-3H3/b31-26+,32-5+. The van der Waals surface area contributed by atoms with Gasteiger partial charge in [0.15, 0.2) is 0 Å². The Bertz CT molecular complexity index is 1720. The lowest BCUT2D eigenvalue weighted by Gasteiger charge is -2.30. The second kappa shape index (κ2) is 12.2. The van der Waals surface area contributed by atoms with Crippen LogP contribution in [0, 0.1) is 22.5 Å². The highest BCUT2D eigenvalue weighted by molar-refractivity contribution is 5.88. The van der Waals surface area contributed by atoms with Crippen molar-refractivity contribution in [2.24, 2.45) is 0 Å². The van der Waals surface area contributed by atoms with Crippen molar-refractivity contribution in [2.45, 2.75) is 19.3 Å². The fourth-order valence-electron chi connectivity index (χ4n) is 5.07. The summed E-state index contributed by atoms with van der Waals surface area (Å²) >= 11 is 0. The molecule has 5 rings (SSSR count). The molecule has 5 nitrogen and oxygen atoms in total. The number of fused-ring (bicyclic) bond motifs is 1. The minimum absolute atomic E-state index is 0.0475. The molecule has 0 fully saturated rings. The Labute approximate surface area is 241 Å². The van der Waals surface area contributed by atoms with Crippen molar-refractivity contribution in [1.29, 1.82) is 0 Å². The first kappa shape index (κ1) is 27.2. The summed E-state index contributed by atoms with van der Waals surface area (Å²) in [6.45, 7) is 1.62. The van der Waals surface area contributed by atoms with Crippen LogP contribution in [0.15, 0.2) is 145 Å². The smallest absolute Gasteiger partial charge is 0.267 e. The summed E-state index contributed by atoms with van der Waals surface area (Å²) in [5, 5.41) is 13.7.